The van der Waals surface area contributed by atoms with Crippen molar-refractivity contribution in [3.63, 3.8) is 0 Å². The summed E-state index contributed by atoms with van der Waals surface area (Å²) in [4.78, 5) is 11.4. The molecule has 0 aromatic carbocycles. The van der Waals surface area contributed by atoms with Crippen LogP contribution in [0.1, 0.15) is 59.8 Å². The Morgan fingerprint density at radius 3 is 2.40 bits per heavy atom. The summed E-state index contributed by atoms with van der Waals surface area (Å²) in [5.74, 6) is 1.62. The fourth-order valence-corrected chi connectivity index (χ4v) is 1.56. The summed E-state index contributed by atoms with van der Waals surface area (Å²) < 4.78 is 0. The molecule has 0 heterocycles. The van der Waals surface area contributed by atoms with Crippen LogP contribution in [0.4, 0.5) is 0 Å². The number of hydrogen-bond donors (Lipinski definition) is 0. The van der Waals surface area contributed by atoms with Gasteiger partial charge in [-0.15, -0.1) is 0 Å². The molecule has 0 radical (unpaired) electrons. The molecule has 1 nitrogen and oxygen atoms in total. The highest BCUT2D eigenvalue weighted by molar-refractivity contribution is 5.89. The van der Waals surface area contributed by atoms with Gasteiger partial charge >= 0.3 is 0 Å². The van der Waals surface area contributed by atoms with Crippen molar-refractivity contribution in [2.45, 2.75) is 59.8 Å². The molecule has 1 atom stereocenters. The third-order valence-electron chi connectivity index (χ3n) is 2.59. The molecule has 88 valence electrons. The Hall–Kier alpha value is -0.590. The minimum atomic E-state index is 0.285. The van der Waals surface area contributed by atoms with Crippen LogP contribution in [0, 0.1) is 11.8 Å². The summed E-state index contributed by atoms with van der Waals surface area (Å²) in [5, 5.41) is 0. The highest BCUT2D eigenvalue weighted by Gasteiger charge is 2.00. The van der Waals surface area contributed by atoms with E-state index in [2.05, 4.69) is 27.7 Å². The zero-order valence-corrected chi connectivity index (χ0v) is 10.8. The predicted molar refractivity (Wildman–Crippen MR) is 66.9 cm³/mol. The van der Waals surface area contributed by atoms with E-state index in [0.717, 1.165) is 12.8 Å². The zero-order valence-electron chi connectivity index (χ0n) is 10.8. The first-order chi connectivity index (χ1) is 7.06. The SMILES string of the molecule is CCCC(C)CC=CC(=O)CCC(C)C. The first-order valence-electron chi connectivity index (χ1n) is 6.25. The van der Waals surface area contributed by atoms with E-state index in [9.17, 15) is 4.79 Å². The number of carbonyl (C=O) groups is 1. The van der Waals surface area contributed by atoms with Gasteiger partial charge in [-0.2, -0.15) is 0 Å². The molecular formula is C14H26O. The van der Waals surface area contributed by atoms with Crippen LogP contribution in [0.5, 0.6) is 0 Å². The fourth-order valence-electron chi connectivity index (χ4n) is 1.56. The summed E-state index contributed by atoms with van der Waals surface area (Å²) in [6.07, 6.45) is 9.06. The van der Waals surface area contributed by atoms with Crippen molar-refractivity contribution in [3.8, 4) is 0 Å². The van der Waals surface area contributed by atoms with Gasteiger partial charge in [-0.05, 0) is 30.8 Å². The summed E-state index contributed by atoms with van der Waals surface area (Å²) in [5.41, 5.74) is 0. The van der Waals surface area contributed by atoms with Gasteiger partial charge in [-0.25, -0.2) is 0 Å². The van der Waals surface area contributed by atoms with Crippen LogP contribution >= 0.6 is 0 Å². The quantitative estimate of drug-likeness (QED) is 0.543. The van der Waals surface area contributed by atoms with Crippen LogP contribution in [0.3, 0.4) is 0 Å². The zero-order chi connectivity index (χ0) is 11.7. The van der Waals surface area contributed by atoms with Gasteiger partial charge in [0.1, 0.15) is 0 Å². The number of hydrogen-bond acceptors (Lipinski definition) is 1. The summed E-state index contributed by atoms with van der Waals surface area (Å²) in [7, 11) is 0. The van der Waals surface area contributed by atoms with Crippen molar-refractivity contribution < 1.29 is 4.79 Å². The van der Waals surface area contributed by atoms with Crippen LogP contribution in [0.25, 0.3) is 0 Å². The molecule has 0 saturated heterocycles. The number of allylic oxidation sites excluding steroid dienone is 2. The van der Waals surface area contributed by atoms with Crippen molar-refractivity contribution in [2.75, 3.05) is 0 Å². The average molecular weight is 210 g/mol. The van der Waals surface area contributed by atoms with Gasteiger partial charge in [0.15, 0.2) is 5.78 Å². The van der Waals surface area contributed by atoms with Crippen molar-refractivity contribution in [3.05, 3.63) is 12.2 Å². The highest BCUT2D eigenvalue weighted by atomic mass is 16.1. The number of carbonyl (C=O) groups excluding carboxylic acids is 1. The lowest BCUT2D eigenvalue weighted by Gasteiger charge is -2.05. The molecule has 1 unspecified atom stereocenters. The molecule has 0 spiro atoms. The minimum Gasteiger partial charge on any atom is -0.295 e. The van der Waals surface area contributed by atoms with E-state index >= 15 is 0 Å². The summed E-state index contributed by atoms with van der Waals surface area (Å²) in [6, 6.07) is 0. The molecule has 0 rings (SSSR count). The summed E-state index contributed by atoms with van der Waals surface area (Å²) in [6.45, 7) is 8.75. The maximum absolute atomic E-state index is 11.4. The van der Waals surface area contributed by atoms with Gasteiger partial charge in [-0.3, -0.25) is 4.79 Å². The van der Waals surface area contributed by atoms with E-state index < -0.39 is 0 Å². The Balaban J connectivity index is 3.62. The molecule has 1 heteroatoms. The van der Waals surface area contributed by atoms with E-state index in [0.29, 0.717) is 18.3 Å². The first kappa shape index (κ1) is 14.4. The van der Waals surface area contributed by atoms with Crippen LogP contribution in [0.2, 0.25) is 0 Å². The number of rotatable bonds is 8. The van der Waals surface area contributed by atoms with Crippen LogP contribution in [-0.4, -0.2) is 5.78 Å². The van der Waals surface area contributed by atoms with Crippen LogP contribution in [-0.2, 0) is 4.79 Å². The normalized spacial score (nSPS) is 13.7. The smallest absolute Gasteiger partial charge is 0.155 e. The lowest BCUT2D eigenvalue weighted by Crippen LogP contribution is -1.97. The van der Waals surface area contributed by atoms with Gasteiger partial charge in [0.2, 0.25) is 0 Å². The molecule has 0 aliphatic rings. The van der Waals surface area contributed by atoms with Gasteiger partial charge in [0.05, 0.1) is 0 Å². The summed E-state index contributed by atoms with van der Waals surface area (Å²) >= 11 is 0. The highest BCUT2D eigenvalue weighted by Crippen LogP contribution is 2.10. The lowest BCUT2D eigenvalue weighted by molar-refractivity contribution is -0.114. The lowest BCUT2D eigenvalue weighted by atomic mass is 10.0. The van der Waals surface area contributed by atoms with Gasteiger partial charge < -0.3 is 0 Å². The average Bonchev–Trinajstić information content (AvgIpc) is 2.15. The monoisotopic (exact) mass is 210 g/mol. The molecule has 0 saturated carbocycles. The van der Waals surface area contributed by atoms with E-state index in [4.69, 9.17) is 0 Å². The van der Waals surface area contributed by atoms with Crippen molar-refractivity contribution >= 4 is 5.78 Å². The van der Waals surface area contributed by atoms with Crippen LogP contribution < -0.4 is 0 Å². The van der Waals surface area contributed by atoms with Gasteiger partial charge in [-0.1, -0.05) is 46.6 Å². The molecule has 0 aliphatic carbocycles. The first-order valence-corrected chi connectivity index (χ1v) is 6.25. The Morgan fingerprint density at radius 2 is 1.87 bits per heavy atom. The number of ketones is 1. The third kappa shape index (κ3) is 9.71. The second-order valence-electron chi connectivity index (χ2n) is 4.93. The Morgan fingerprint density at radius 1 is 1.20 bits per heavy atom. The molecule has 15 heavy (non-hydrogen) atoms. The topological polar surface area (TPSA) is 17.1 Å². The maximum atomic E-state index is 11.4. The van der Waals surface area contributed by atoms with E-state index in [1.165, 1.54) is 12.8 Å². The maximum Gasteiger partial charge on any atom is 0.155 e. The molecular weight excluding hydrogens is 184 g/mol. The molecule has 0 aromatic heterocycles. The molecule has 0 amide bonds. The second-order valence-corrected chi connectivity index (χ2v) is 4.93. The van der Waals surface area contributed by atoms with E-state index in [-0.39, 0.29) is 5.78 Å². The predicted octanol–water partition coefficient (Wildman–Crippen LogP) is 4.37. The van der Waals surface area contributed by atoms with E-state index in [1.54, 1.807) is 6.08 Å². The fraction of sp³-hybridized carbons (Fsp3) is 0.786. The molecule has 0 fully saturated rings. The molecule has 0 aliphatic heterocycles. The van der Waals surface area contributed by atoms with Crippen molar-refractivity contribution in [1.29, 1.82) is 0 Å². The molecule has 0 bridgehead atoms. The van der Waals surface area contributed by atoms with Crippen molar-refractivity contribution in [2.24, 2.45) is 11.8 Å². The Bertz CT molecular complexity index is 192. The van der Waals surface area contributed by atoms with Crippen LogP contribution in [0.15, 0.2) is 12.2 Å². The molecule has 0 N–H and O–H groups in total. The molecule has 0 aromatic rings. The Labute approximate surface area is 95.0 Å². The minimum absolute atomic E-state index is 0.285. The standard InChI is InChI=1S/C14H26O/c1-5-7-13(4)8-6-9-14(15)11-10-12(2)3/h6,9,12-13H,5,7-8,10-11H2,1-4H3. The van der Waals surface area contributed by atoms with Gasteiger partial charge in [0, 0.05) is 6.42 Å². The van der Waals surface area contributed by atoms with E-state index in [1.807, 2.05) is 6.08 Å². The Kier molecular flexibility index (Phi) is 8.35. The second kappa shape index (κ2) is 8.70. The van der Waals surface area contributed by atoms with Crippen molar-refractivity contribution in [1.82, 2.24) is 0 Å². The third-order valence-corrected chi connectivity index (χ3v) is 2.59. The van der Waals surface area contributed by atoms with Gasteiger partial charge in [0.25, 0.3) is 0 Å². The largest absolute Gasteiger partial charge is 0.295 e.